The molecule has 1 aliphatic rings. The van der Waals surface area contributed by atoms with Crippen molar-refractivity contribution in [2.75, 3.05) is 39.6 Å². The lowest BCUT2D eigenvalue weighted by Gasteiger charge is -2.19. The van der Waals surface area contributed by atoms with Crippen LogP contribution in [0.2, 0.25) is 0 Å². The number of esters is 4. The fourth-order valence-electron chi connectivity index (χ4n) is 5.99. The minimum Gasteiger partial charge on any atom is -0.494 e. The molecule has 0 bridgehead atoms. The third-order valence-electron chi connectivity index (χ3n) is 9.03. The van der Waals surface area contributed by atoms with Crippen LogP contribution < -0.4 is 9.47 Å². The van der Waals surface area contributed by atoms with Crippen molar-refractivity contribution < 1.29 is 52.3 Å². The molecule has 2 atom stereocenters. The van der Waals surface area contributed by atoms with Gasteiger partial charge in [0.05, 0.1) is 50.8 Å². The first-order chi connectivity index (χ1) is 26.8. The van der Waals surface area contributed by atoms with E-state index in [0.29, 0.717) is 37.6 Å². The Morgan fingerprint density at radius 3 is 1.33 bits per heavy atom. The zero-order valence-electron chi connectivity index (χ0n) is 31.0. The van der Waals surface area contributed by atoms with E-state index in [9.17, 15) is 19.2 Å². The number of carbonyl (C=O) groups excluding carboxylic acids is 4. The molecule has 1 saturated heterocycles. The Balaban J connectivity index is 1.04. The Bertz CT molecular complexity index is 1810. The molecule has 55 heavy (non-hydrogen) atoms. The molecule has 0 saturated carbocycles. The van der Waals surface area contributed by atoms with Crippen molar-refractivity contribution in [2.24, 2.45) is 0 Å². The molecule has 0 aliphatic carbocycles. The average Bonchev–Trinajstić information content (AvgIpc) is 3.64. The largest absolute Gasteiger partial charge is 0.494 e. The van der Waals surface area contributed by atoms with Gasteiger partial charge in [0.15, 0.2) is 12.2 Å². The molecule has 0 aromatic heterocycles. The highest BCUT2D eigenvalue weighted by molar-refractivity contribution is 5.97. The highest BCUT2D eigenvalue weighted by atomic mass is 16.6. The van der Waals surface area contributed by atoms with E-state index in [1.54, 1.807) is 24.3 Å². The number of hydrogen-bond donors (Lipinski definition) is 0. The van der Waals surface area contributed by atoms with Gasteiger partial charge in [0.2, 0.25) is 0 Å². The number of rotatable bonds is 22. The van der Waals surface area contributed by atoms with Crippen molar-refractivity contribution in [1.82, 2.24) is 0 Å². The molecule has 5 rings (SSSR count). The summed E-state index contributed by atoms with van der Waals surface area (Å²) in [4.78, 5) is 48.5. The minimum absolute atomic E-state index is 0.117. The van der Waals surface area contributed by atoms with Gasteiger partial charge in [0.25, 0.3) is 0 Å². The smallest absolute Gasteiger partial charge is 0.338 e. The van der Waals surface area contributed by atoms with Crippen molar-refractivity contribution in [3.63, 3.8) is 0 Å². The summed E-state index contributed by atoms with van der Waals surface area (Å²) in [7, 11) is 0. The number of hydrogen-bond acceptors (Lipinski definition) is 11. The summed E-state index contributed by atoms with van der Waals surface area (Å²) in [6.45, 7) is 8.91. The predicted octanol–water partition coefficient (Wildman–Crippen LogP) is 8.11. The summed E-state index contributed by atoms with van der Waals surface area (Å²) in [6.07, 6.45) is 7.97. The van der Waals surface area contributed by atoms with Crippen LogP contribution in [-0.2, 0) is 33.3 Å². The molecule has 1 fully saturated rings. The zero-order valence-corrected chi connectivity index (χ0v) is 31.0. The maximum Gasteiger partial charge on any atom is 0.338 e. The molecule has 11 heteroatoms. The van der Waals surface area contributed by atoms with Gasteiger partial charge in [-0.25, -0.2) is 19.2 Å². The second-order valence-corrected chi connectivity index (χ2v) is 13.1. The van der Waals surface area contributed by atoms with Crippen LogP contribution in [-0.4, -0.2) is 75.7 Å². The molecule has 4 aromatic carbocycles. The second-order valence-electron chi connectivity index (χ2n) is 13.1. The quantitative estimate of drug-likeness (QED) is 0.0334. The topological polar surface area (TPSA) is 133 Å². The van der Waals surface area contributed by atoms with Crippen LogP contribution in [0.15, 0.2) is 98.1 Å². The van der Waals surface area contributed by atoms with E-state index >= 15 is 0 Å². The lowest BCUT2D eigenvalue weighted by Crippen LogP contribution is -2.34. The second kappa shape index (κ2) is 21.3. The van der Waals surface area contributed by atoms with Crippen LogP contribution in [0, 0.1) is 0 Å². The van der Waals surface area contributed by atoms with Gasteiger partial charge in [0, 0.05) is 12.2 Å². The normalized spacial score (nSPS) is 14.9. The summed E-state index contributed by atoms with van der Waals surface area (Å²) in [5.41, 5.74) is 0.747. The summed E-state index contributed by atoms with van der Waals surface area (Å²) >= 11 is 0. The van der Waals surface area contributed by atoms with Crippen LogP contribution in [0.25, 0.3) is 21.5 Å². The molecule has 290 valence electrons. The molecule has 0 N–H and O–H groups in total. The molecular formula is C44H48O11. The highest BCUT2D eigenvalue weighted by Gasteiger charge is 2.35. The first-order valence-corrected chi connectivity index (χ1v) is 18.7. The number of fused-ring (bicyclic) bond motifs is 2. The Morgan fingerprint density at radius 1 is 0.527 bits per heavy atom. The monoisotopic (exact) mass is 752 g/mol. The lowest BCUT2D eigenvalue weighted by molar-refractivity contribution is -0.138. The van der Waals surface area contributed by atoms with Crippen LogP contribution in [0.3, 0.4) is 0 Å². The van der Waals surface area contributed by atoms with Crippen molar-refractivity contribution in [2.45, 2.75) is 63.6 Å². The molecule has 1 heterocycles. The van der Waals surface area contributed by atoms with Gasteiger partial charge < -0.3 is 33.2 Å². The molecule has 4 aromatic rings. The molecule has 0 amide bonds. The zero-order chi connectivity index (χ0) is 38.8. The predicted molar refractivity (Wildman–Crippen MR) is 207 cm³/mol. The van der Waals surface area contributed by atoms with Gasteiger partial charge in [0.1, 0.15) is 11.5 Å². The van der Waals surface area contributed by atoms with Crippen molar-refractivity contribution in [3.05, 3.63) is 109 Å². The van der Waals surface area contributed by atoms with Crippen LogP contribution in [0.1, 0.15) is 72.1 Å². The van der Waals surface area contributed by atoms with E-state index in [-0.39, 0.29) is 13.2 Å². The number of carbonyl (C=O) groups is 4. The third kappa shape index (κ3) is 12.7. The van der Waals surface area contributed by atoms with Gasteiger partial charge in [-0.3, -0.25) is 0 Å². The number of unbranched alkanes of at least 4 members (excludes halogenated alkanes) is 6. The Kier molecular flexibility index (Phi) is 15.7. The first-order valence-electron chi connectivity index (χ1n) is 18.7. The van der Waals surface area contributed by atoms with E-state index in [4.69, 9.17) is 33.2 Å². The van der Waals surface area contributed by atoms with E-state index in [1.807, 2.05) is 48.5 Å². The molecule has 11 nitrogen and oxygen atoms in total. The minimum atomic E-state index is -0.750. The van der Waals surface area contributed by atoms with Crippen LogP contribution in [0.4, 0.5) is 0 Å². The summed E-state index contributed by atoms with van der Waals surface area (Å²) in [5.74, 6) is -0.390. The van der Waals surface area contributed by atoms with Gasteiger partial charge in [-0.05, 0) is 121 Å². The first kappa shape index (κ1) is 40.5. The van der Waals surface area contributed by atoms with Gasteiger partial charge >= 0.3 is 23.9 Å². The lowest BCUT2D eigenvalue weighted by atomic mass is 10.1. The van der Waals surface area contributed by atoms with Gasteiger partial charge in [-0.1, -0.05) is 37.4 Å². The van der Waals surface area contributed by atoms with Gasteiger partial charge in [-0.15, -0.1) is 0 Å². The Morgan fingerprint density at radius 2 is 0.909 bits per heavy atom. The average molecular weight is 753 g/mol. The maximum atomic E-state index is 13.2. The molecule has 1 unspecified atom stereocenters. The van der Waals surface area contributed by atoms with Gasteiger partial charge in [-0.2, -0.15) is 0 Å². The van der Waals surface area contributed by atoms with Crippen molar-refractivity contribution in [1.29, 1.82) is 0 Å². The van der Waals surface area contributed by atoms with E-state index in [0.717, 1.165) is 96.6 Å². The maximum absolute atomic E-state index is 13.2. The third-order valence-corrected chi connectivity index (χ3v) is 9.03. The standard InChI is InChI=1S/C44H48O11/c1-3-41(45)52-23-11-7-5-9-21-50-37-19-17-31-25-35(15-13-33(31)27-37)43(47)54-39-29-49-30-40(39)55-44(48)36-16-14-34-28-38(20-18-32(34)26-36)51-22-10-6-8-12-24-53-42(46)4-2/h3-4,13-20,25-28,39-40H,1-2,5-12,21-24,29-30H2/t39-,40?/m0/s1. The highest BCUT2D eigenvalue weighted by Crippen LogP contribution is 2.26. The number of ether oxygens (including phenoxy) is 7. The Labute approximate surface area is 321 Å². The molecule has 1 aliphatic heterocycles. The SMILES string of the molecule is C=CC(=O)OCCCCCCOc1ccc2cc(C(=O)OC3COC[C@@H]3OC(=O)c3ccc4cc(OCCCCCCOC(=O)C=C)ccc4c3)ccc2c1. The van der Waals surface area contributed by atoms with Crippen LogP contribution >= 0.6 is 0 Å². The number of benzene rings is 4. The van der Waals surface area contributed by atoms with Crippen molar-refractivity contribution >= 4 is 45.4 Å². The molecule has 0 radical (unpaired) electrons. The fourth-order valence-corrected chi connectivity index (χ4v) is 5.99. The van der Waals surface area contributed by atoms with E-state index < -0.39 is 36.1 Å². The van der Waals surface area contributed by atoms with E-state index in [1.165, 1.54) is 0 Å². The molecular weight excluding hydrogens is 704 g/mol. The summed E-state index contributed by atoms with van der Waals surface area (Å²) < 4.78 is 38.9. The van der Waals surface area contributed by atoms with Crippen molar-refractivity contribution in [3.8, 4) is 11.5 Å². The summed E-state index contributed by atoms with van der Waals surface area (Å²) in [6, 6.07) is 22.0. The Hall–Kier alpha value is -5.68. The summed E-state index contributed by atoms with van der Waals surface area (Å²) in [5, 5.41) is 3.55. The van der Waals surface area contributed by atoms with E-state index in [2.05, 4.69) is 13.2 Å². The van der Waals surface area contributed by atoms with Crippen LogP contribution in [0.5, 0.6) is 11.5 Å². The molecule has 0 spiro atoms. The fraction of sp³-hybridized carbons (Fsp3) is 0.364.